The van der Waals surface area contributed by atoms with Crippen LogP contribution >= 0.6 is 0 Å². The molecule has 16 heteroatoms. The molecule has 1 aromatic heterocycles. The maximum absolute atomic E-state index is 11.6. The molecule has 2 heterocycles. The molecule has 1 amide bonds. The highest BCUT2D eigenvalue weighted by Gasteiger charge is 2.38. The summed E-state index contributed by atoms with van der Waals surface area (Å²) in [5.41, 5.74) is 8.76. The number of carbonyl (C=O) groups excluding carboxylic acids is 1. The number of likely N-dealkylation sites (tertiary alicyclic amines) is 1. The number of carboxylic acid groups (broad SMARTS) is 2. The zero-order valence-electron chi connectivity index (χ0n) is 22.2. The van der Waals surface area contributed by atoms with Crippen molar-refractivity contribution in [1.82, 2.24) is 20.0 Å². The Bertz CT molecular complexity index is 1330. The predicted octanol–water partition coefficient (Wildman–Crippen LogP) is 3.82. The average Bonchev–Trinajstić information content (AvgIpc) is 3.34. The molecule has 42 heavy (non-hydrogen) atoms. The Balaban J connectivity index is 0.000000367. The first-order valence-corrected chi connectivity index (χ1v) is 12.4. The van der Waals surface area contributed by atoms with Gasteiger partial charge in [-0.2, -0.15) is 31.4 Å². The second-order valence-corrected chi connectivity index (χ2v) is 9.33. The zero-order chi connectivity index (χ0) is 31.7. The SMILES string of the molecule is CN1CCC(CNCc2ccc(-n3cc4cccc(C(N)=O)c4n3)cc2)CC1.O=C(O)C(F)(F)F.O=C(O)C(F)(F)F. The molecule has 0 bridgehead atoms. The number of rotatable bonds is 6. The number of amides is 1. The molecule has 1 saturated heterocycles. The van der Waals surface area contributed by atoms with E-state index in [-0.39, 0.29) is 0 Å². The van der Waals surface area contributed by atoms with Gasteiger partial charge in [0, 0.05) is 18.1 Å². The maximum Gasteiger partial charge on any atom is 0.490 e. The van der Waals surface area contributed by atoms with E-state index in [0.29, 0.717) is 11.1 Å². The summed E-state index contributed by atoms with van der Waals surface area (Å²) >= 11 is 0. The number of alkyl halides is 6. The average molecular weight is 606 g/mol. The van der Waals surface area contributed by atoms with Gasteiger partial charge in [-0.3, -0.25) is 4.79 Å². The number of carboxylic acids is 2. The fraction of sp³-hybridized carbons (Fsp3) is 0.385. The Labute approximate surface area is 235 Å². The number of nitrogens with two attached hydrogens (primary N) is 1. The largest absolute Gasteiger partial charge is 0.490 e. The van der Waals surface area contributed by atoms with E-state index < -0.39 is 30.2 Å². The number of nitrogens with one attached hydrogen (secondary N) is 1. The van der Waals surface area contributed by atoms with Crippen molar-refractivity contribution >= 4 is 28.7 Å². The van der Waals surface area contributed by atoms with Gasteiger partial charge >= 0.3 is 24.3 Å². The molecule has 230 valence electrons. The van der Waals surface area contributed by atoms with Crippen LogP contribution < -0.4 is 11.1 Å². The molecule has 4 rings (SSSR count). The molecule has 0 spiro atoms. The predicted molar refractivity (Wildman–Crippen MR) is 139 cm³/mol. The molecule has 0 aliphatic carbocycles. The van der Waals surface area contributed by atoms with Gasteiger partial charge in [0.2, 0.25) is 0 Å². The maximum atomic E-state index is 11.6. The van der Waals surface area contributed by atoms with Crippen LogP contribution in [0.5, 0.6) is 0 Å². The summed E-state index contributed by atoms with van der Waals surface area (Å²) in [5, 5.41) is 23.3. The van der Waals surface area contributed by atoms with Crippen LogP contribution in [0, 0.1) is 5.92 Å². The Morgan fingerprint density at radius 2 is 1.48 bits per heavy atom. The first kappa shape index (κ1) is 34.0. The molecule has 0 radical (unpaired) electrons. The number of nitrogens with zero attached hydrogens (tertiary/aromatic N) is 3. The lowest BCUT2D eigenvalue weighted by atomic mass is 9.97. The number of benzene rings is 2. The Kier molecular flexibility index (Phi) is 11.9. The van der Waals surface area contributed by atoms with E-state index in [0.717, 1.165) is 30.1 Å². The van der Waals surface area contributed by atoms with Gasteiger partial charge in [-0.1, -0.05) is 24.3 Å². The number of halogens is 6. The molecule has 1 fully saturated rings. The molecule has 0 atom stereocenters. The van der Waals surface area contributed by atoms with E-state index in [4.69, 9.17) is 25.5 Å². The molecule has 10 nitrogen and oxygen atoms in total. The van der Waals surface area contributed by atoms with Gasteiger partial charge in [-0.25, -0.2) is 14.3 Å². The second-order valence-electron chi connectivity index (χ2n) is 9.33. The highest BCUT2D eigenvalue weighted by atomic mass is 19.4. The third kappa shape index (κ3) is 10.7. The van der Waals surface area contributed by atoms with Crippen molar-refractivity contribution in [3.8, 4) is 5.69 Å². The summed E-state index contributed by atoms with van der Waals surface area (Å²) in [6.07, 6.45) is -5.68. The van der Waals surface area contributed by atoms with Gasteiger partial charge in [0.1, 0.15) is 5.52 Å². The summed E-state index contributed by atoms with van der Waals surface area (Å²) in [5.74, 6) is -5.19. The number of aromatic nitrogens is 2. The van der Waals surface area contributed by atoms with Crippen molar-refractivity contribution in [1.29, 1.82) is 0 Å². The van der Waals surface area contributed by atoms with Crippen LogP contribution in [0.4, 0.5) is 26.3 Å². The molecular weight excluding hydrogens is 576 g/mol. The molecule has 1 aliphatic rings. The summed E-state index contributed by atoms with van der Waals surface area (Å²) in [6, 6.07) is 13.8. The van der Waals surface area contributed by atoms with Gasteiger partial charge in [-0.15, -0.1) is 0 Å². The minimum atomic E-state index is -5.08. The molecule has 3 aromatic rings. The van der Waals surface area contributed by atoms with Gasteiger partial charge in [0.15, 0.2) is 0 Å². The molecular formula is C26H29F6N5O5. The molecule has 0 saturated carbocycles. The fourth-order valence-corrected chi connectivity index (χ4v) is 3.83. The van der Waals surface area contributed by atoms with Gasteiger partial charge in [0.05, 0.1) is 11.3 Å². The Morgan fingerprint density at radius 1 is 0.952 bits per heavy atom. The van der Waals surface area contributed by atoms with Crippen LogP contribution in [0.15, 0.2) is 48.7 Å². The standard InChI is InChI=1S/C22H27N5O.2C2HF3O2/c1-26-11-9-17(10-12-26)14-24-13-16-5-7-19(8-6-16)27-15-18-3-2-4-20(22(23)28)21(18)25-27;2*3-2(4,5)1(6)7/h2-8,15,17,24H,9-14H2,1H3,(H2,23,28);2*(H,6,7). The third-order valence-corrected chi connectivity index (χ3v) is 6.09. The number of aliphatic carboxylic acids is 2. The summed E-state index contributed by atoms with van der Waals surface area (Å²) in [7, 11) is 2.20. The highest BCUT2D eigenvalue weighted by Crippen LogP contribution is 2.20. The summed E-state index contributed by atoms with van der Waals surface area (Å²) in [6.45, 7) is 4.36. The first-order valence-electron chi connectivity index (χ1n) is 12.4. The number of hydrogen-bond donors (Lipinski definition) is 4. The number of hydrogen-bond acceptors (Lipinski definition) is 6. The second kappa shape index (κ2) is 14.6. The molecule has 5 N–H and O–H groups in total. The lowest BCUT2D eigenvalue weighted by Crippen LogP contribution is -2.34. The van der Waals surface area contributed by atoms with Crippen LogP contribution in [-0.2, 0) is 16.1 Å². The van der Waals surface area contributed by atoms with Crippen LogP contribution in [0.25, 0.3) is 16.6 Å². The fourth-order valence-electron chi connectivity index (χ4n) is 3.83. The highest BCUT2D eigenvalue weighted by molar-refractivity contribution is 6.04. The van der Waals surface area contributed by atoms with E-state index in [2.05, 4.69) is 46.6 Å². The Hall–Kier alpha value is -4.18. The van der Waals surface area contributed by atoms with Crippen molar-refractivity contribution in [2.45, 2.75) is 31.7 Å². The lowest BCUT2D eigenvalue weighted by molar-refractivity contribution is -0.193. The number of fused-ring (bicyclic) bond motifs is 1. The van der Waals surface area contributed by atoms with Crippen LogP contribution in [0.3, 0.4) is 0 Å². The minimum Gasteiger partial charge on any atom is -0.475 e. The first-order chi connectivity index (χ1) is 19.5. The lowest BCUT2D eigenvalue weighted by Gasteiger charge is -2.29. The normalized spacial score (nSPS) is 14.4. The van der Waals surface area contributed by atoms with Gasteiger partial charge in [0.25, 0.3) is 5.91 Å². The smallest absolute Gasteiger partial charge is 0.475 e. The molecule has 0 unspecified atom stereocenters. The van der Waals surface area contributed by atoms with Crippen molar-refractivity contribution < 1.29 is 50.9 Å². The summed E-state index contributed by atoms with van der Waals surface area (Å²) < 4.78 is 65.3. The Morgan fingerprint density at radius 3 is 1.95 bits per heavy atom. The monoisotopic (exact) mass is 605 g/mol. The molecule has 2 aromatic carbocycles. The van der Waals surface area contributed by atoms with E-state index in [1.54, 1.807) is 10.7 Å². The quantitative estimate of drug-likeness (QED) is 0.310. The van der Waals surface area contributed by atoms with E-state index in [1.165, 1.54) is 31.5 Å². The topological polar surface area (TPSA) is 151 Å². The number of primary amides is 1. The summed E-state index contributed by atoms with van der Waals surface area (Å²) in [4.78, 5) is 31.8. The third-order valence-electron chi connectivity index (χ3n) is 6.09. The van der Waals surface area contributed by atoms with Crippen LogP contribution in [0.2, 0.25) is 0 Å². The van der Waals surface area contributed by atoms with Crippen LogP contribution in [-0.4, -0.2) is 81.8 Å². The number of carbonyl (C=O) groups is 3. The van der Waals surface area contributed by atoms with Crippen LogP contribution in [0.1, 0.15) is 28.8 Å². The van der Waals surface area contributed by atoms with Crippen molar-refractivity contribution in [2.24, 2.45) is 11.7 Å². The van der Waals surface area contributed by atoms with E-state index in [1.807, 2.05) is 18.3 Å². The van der Waals surface area contributed by atoms with E-state index >= 15 is 0 Å². The van der Waals surface area contributed by atoms with Gasteiger partial charge in [-0.05, 0) is 69.2 Å². The van der Waals surface area contributed by atoms with Crippen molar-refractivity contribution in [3.05, 3.63) is 59.8 Å². The van der Waals surface area contributed by atoms with Gasteiger partial charge < -0.3 is 26.2 Å². The minimum absolute atomic E-state index is 0.450. The van der Waals surface area contributed by atoms with Crippen molar-refractivity contribution in [3.63, 3.8) is 0 Å². The number of piperidine rings is 1. The van der Waals surface area contributed by atoms with Crippen molar-refractivity contribution in [2.75, 3.05) is 26.7 Å². The molecule has 1 aliphatic heterocycles. The zero-order valence-corrected chi connectivity index (χ0v) is 22.2. The van der Waals surface area contributed by atoms with E-state index in [9.17, 15) is 31.1 Å².